The summed E-state index contributed by atoms with van der Waals surface area (Å²) in [6, 6.07) is 11.4. The van der Waals surface area contributed by atoms with E-state index in [9.17, 15) is 18.8 Å². The van der Waals surface area contributed by atoms with E-state index in [-0.39, 0.29) is 23.1 Å². The summed E-state index contributed by atoms with van der Waals surface area (Å²) >= 11 is 1.08. The molecule has 2 rings (SSSR count). The first-order chi connectivity index (χ1) is 13.8. The van der Waals surface area contributed by atoms with Gasteiger partial charge in [-0.05, 0) is 44.5 Å². The number of rotatable bonds is 8. The molecule has 6 nitrogen and oxygen atoms in total. The lowest BCUT2D eigenvalue weighted by atomic mass is 10.1. The van der Waals surface area contributed by atoms with Crippen molar-refractivity contribution in [1.82, 2.24) is 0 Å². The van der Waals surface area contributed by atoms with E-state index in [1.807, 2.05) is 32.0 Å². The summed E-state index contributed by atoms with van der Waals surface area (Å²) in [4.78, 5) is 35.9. The number of carbonyl (C=O) groups is 3. The first-order valence-electron chi connectivity index (χ1n) is 8.96. The van der Waals surface area contributed by atoms with Gasteiger partial charge >= 0.3 is 5.97 Å². The third-order valence-corrected chi connectivity index (χ3v) is 4.82. The maximum Gasteiger partial charge on any atom is 0.316 e. The number of para-hydroxylation sites is 1. The van der Waals surface area contributed by atoms with E-state index in [0.29, 0.717) is 0 Å². The highest BCUT2D eigenvalue weighted by atomic mass is 32.2. The van der Waals surface area contributed by atoms with Crippen molar-refractivity contribution in [2.45, 2.75) is 26.9 Å². The van der Waals surface area contributed by atoms with E-state index in [2.05, 4.69) is 10.6 Å². The van der Waals surface area contributed by atoms with Crippen LogP contribution in [0.25, 0.3) is 0 Å². The summed E-state index contributed by atoms with van der Waals surface area (Å²) in [5.74, 6) is -2.10. The number of carbonyl (C=O) groups excluding carboxylic acids is 3. The number of anilines is 2. The third kappa shape index (κ3) is 7.23. The molecule has 2 aromatic rings. The van der Waals surface area contributed by atoms with Gasteiger partial charge in [0.25, 0.3) is 5.91 Å². The summed E-state index contributed by atoms with van der Waals surface area (Å²) in [5.41, 5.74) is 2.79. The van der Waals surface area contributed by atoms with Gasteiger partial charge in [0.2, 0.25) is 5.91 Å². The smallest absolute Gasteiger partial charge is 0.316 e. The number of thioether (sulfide) groups is 1. The molecule has 2 N–H and O–H groups in total. The predicted molar refractivity (Wildman–Crippen MR) is 112 cm³/mol. The van der Waals surface area contributed by atoms with Crippen LogP contribution in [0.4, 0.5) is 15.8 Å². The van der Waals surface area contributed by atoms with Crippen molar-refractivity contribution in [3.05, 3.63) is 59.4 Å². The van der Waals surface area contributed by atoms with E-state index >= 15 is 0 Å². The van der Waals surface area contributed by atoms with Crippen LogP contribution < -0.4 is 10.6 Å². The third-order valence-electron chi connectivity index (χ3n) is 3.92. The largest absolute Gasteiger partial charge is 0.452 e. The standard InChI is InChI=1S/C21H23FN2O4S/c1-13-8-9-17(14(2)10-13)23-19(25)11-29-12-20(26)28-15(3)21(27)24-18-7-5-4-6-16(18)22/h4-10,15H,11-12H2,1-3H3,(H,23,25)(H,24,27)/t15-/m0/s1. The van der Waals surface area contributed by atoms with Crippen LogP contribution in [0.3, 0.4) is 0 Å². The maximum absolute atomic E-state index is 13.6. The Hall–Kier alpha value is -2.87. The molecule has 0 saturated heterocycles. The summed E-state index contributed by atoms with van der Waals surface area (Å²) in [7, 11) is 0. The van der Waals surface area contributed by atoms with Crippen molar-refractivity contribution in [1.29, 1.82) is 0 Å². The van der Waals surface area contributed by atoms with E-state index in [4.69, 9.17) is 4.74 Å². The van der Waals surface area contributed by atoms with Gasteiger partial charge in [-0.2, -0.15) is 0 Å². The van der Waals surface area contributed by atoms with Gasteiger partial charge in [0.15, 0.2) is 6.10 Å². The molecule has 0 aliphatic carbocycles. The second kappa shape index (κ2) is 10.6. The second-order valence-electron chi connectivity index (χ2n) is 6.46. The Balaban J connectivity index is 1.72. The Bertz CT molecular complexity index is 904. The highest BCUT2D eigenvalue weighted by Crippen LogP contribution is 2.17. The predicted octanol–water partition coefficient (Wildman–Crippen LogP) is 3.68. The summed E-state index contributed by atoms with van der Waals surface area (Å²) < 4.78 is 18.6. The van der Waals surface area contributed by atoms with E-state index in [1.165, 1.54) is 25.1 Å². The van der Waals surface area contributed by atoms with Crippen LogP contribution in [0.2, 0.25) is 0 Å². The Kier molecular flexibility index (Phi) is 8.21. The Morgan fingerprint density at radius 2 is 1.76 bits per heavy atom. The molecule has 0 bridgehead atoms. The van der Waals surface area contributed by atoms with Crippen molar-refractivity contribution in [2.75, 3.05) is 22.1 Å². The molecule has 0 aromatic heterocycles. The first kappa shape index (κ1) is 22.4. The van der Waals surface area contributed by atoms with E-state index in [0.717, 1.165) is 28.6 Å². The van der Waals surface area contributed by atoms with Crippen molar-refractivity contribution in [3.63, 3.8) is 0 Å². The summed E-state index contributed by atoms with van der Waals surface area (Å²) in [6.45, 7) is 5.27. The molecule has 0 aliphatic rings. The van der Waals surface area contributed by atoms with Crippen molar-refractivity contribution in [2.24, 2.45) is 0 Å². The van der Waals surface area contributed by atoms with Crippen LogP contribution in [-0.4, -0.2) is 35.4 Å². The monoisotopic (exact) mass is 418 g/mol. The van der Waals surface area contributed by atoms with Gasteiger partial charge in [-0.1, -0.05) is 29.8 Å². The fourth-order valence-corrected chi connectivity index (χ4v) is 3.04. The average Bonchev–Trinajstić information content (AvgIpc) is 2.65. The number of esters is 1. The molecule has 0 radical (unpaired) electrons. The molecule has 154 valence electrons. The molecule has 0 fully saturated rings. The molecule has 0 unspecified atom stereocenters. The Morgan fingerprint density at radius 3 is 2.45 bits per heavy atom. The topological polar surface area (TPSA) is 84.5 Å². The van der Waals surface area contributed by atoms with Crippen molar-refractivity contribution >= 4 is 40.9 Å². The van der Waals surface area contributed by atoms with Crippen LogP contribution in [-0.2, 0) is 19.1 Å². The minimum atomic E-state index is -1.09. The minimum absolute atomic E-state index is 0.0119. The van der Waals surface area contributed by atoms with Crippen LogP contribution in [0.5, 0.6) is 0 Å². The van der Waals surface area contributed by atoms with E-state index in [1.54, 1.807) is 6.07 Å². The molecule has 0 spiro atoms. The summed E-state index contributed by atoms with van der Waals surface area (Å²) in [6.07, 6.45) is -1.09. The highest BCUT2D eigenvalue weighted by molar-refractivity contribution is 8.00. The molecule has 0 aliphatic heterocycles. The molecule has 0 heterocycles. The number of nitrogens with one attached hydrogen (secondary N) is 2. The Labute approximate surface area is 173 Å². The van der Waals surface area contributed by atoms with Crippen molar-refractivity contribution < 1.29 is 23.5 Å². The molecule has 1 atom stereocenters. The number of hydrogen-bond donors (Lipinski definition) is 2. The van der Waals surface area contributed by atoms with Gasteiger partial charge in [-0.15, -0.1) is 11.8 Å². The lowest BCUT2D eigenvalue weighted by Gasteiger charge is -2.14. The number of benzene rings is 2. The van der Waals surface area contributed by atoms with Gasteiger partial charge in [-0.25, -0.2) is 4.39 Å². The number of hydrogen-bond acceptors (Lipinski definition) is 5. The number of ether oxygens (including phenoxy) is 1. The van der Waals surface area contributed by atoms with Gasteiger partial charge in [0, 0.05) is 5.69 Å². The molecule has 8 heteroatoms. The maximum atomic E-state index is 13.6. The zero-order valence-electron chi connectivity index (χ0n) is 16.5. The van der Waals surface area contributed by atoms with Crippen LogP contribution in [0.1, 0.15) is 18.1 Å². The fraction of sp³-hybridized carbons (Fsp3) is 0.286. The van der Waals surface area contributed by atoms with Gasteiger partial charge in [-0.3, -0.25) is 14.4 Å². The summed E-state index contributed by atoms with van der Waals surface area (Å²) in [5, 5.41) is 5.16. The highest BCUT2D eigenvalue weighted by Gasteiger charge is 2.19. The lowest BCUT2D eigenvalue weighted by molar-refractivity contribution is -0.150. The zero-order chi connectivity index (χ0) is 21.4. The number of aryl methyl sites for hydroxylation is 2. The van der Waals surface area contributed by atoms with Gasteiger partial charge in [0.05, 0.1) is 17.2 Å². The SMILES string of the molecule is Cc1ccc(NC(=O)CSCC(=O)O[C@@H](C)C(=O)Nc2ccccc2F)c(C)c1. The van der Waals surface area contributed by atoms with Crippen LogP contribution in [0, 0.1) is 19.7 Å². The van der Waals surface area contributed by atoms with Crippen LogP contribution in [0.15, 0.2) is 42.5 Å². The average molecular weight is 418 g/mol. The quantitative estimate of drug-likeness (QED) is 0.639. The molecule has 2 aromatic carbocycles. The normalized spacial score (nSPS) is 11.4. The number of halogens is 1. The van der Waals surface area contributed by atoms with Crippen LogP contribution >= 0.6 is 11.8 Å². The second-order valence-corrected chi connectivity index (χ2v) is 7.45. The lowest BCUT2D eigenvalue weighted by Crippen LogP contribution is -2.31. The minimum Gasteiger partial charge on any atom is -0.452 e. The molecular weight excluding hydrogens is 395 g/mol. The van der Waals surface area contributed by atoms with Crippen molar-refractivity contribution in [3.8, 4) is 0 Å². The van der Waals surface area contributed by atoms with Gasteiger partial charge in [0.1, 0.15) is 5.82 Å². The zero-order valence-corrected chi connectivity index (χ0v) is 17.3. The Morgan fingerprint density at radius 1 is 1.03 bits per heavy atom. The molecular formula is C21H23FN2O4S. The molecule has 29 heavy (non-hydrogen) atoms. The molecule has 2 amide bonds. The first-order valence-corrected chi connectivity index (χ1v) is 10.1. The number of amides is 2. The fourth-order valence-electron chi connectivity index (χ4n) is 2.45. The van der Waals surface area contributed by atoms with Gasteiger partial charge < -0.3 is 15.4 Å². The van der Waals surface area contributed by atoms with E-state index < -0.39 is 23.8 Å². The molecule has 0 saturated carbocycles.